The van der Waals surface area contributed by atoms with Crippen LogP contribution in [-0.4, -0.2) is 63.8 Å². The quantitative estimate of drug-likeness (QED) is 0.393. The molecule has 3 aliphatic rings. The SMILES string of the molecule is CC(=O)C1[C@@H]2COc3ccccc3-c3c([C@H]4CCCC[C@@H]4F)c4ccc(cc4n3C2)CN(S)N(C)C(C)N1C. The predicted molar refractivity (Wildman–Crippen MR) is 156 cm³/mol. The van der Waals surface area contributed by atoms with Crippen molar-refractivity contribution in [1.82, 2.24) is 18.9 Å². The highest BCUT2D eigenvalue weighted by molar-refractivity contribution is 7.77. The van der Waals surface area contributed by atoms with Crippen molar-refractivity contribution in [3.8, 4) is 17.0 Å². The number of halogens is 1. The van der Waals surface area contributed by atoms with Gasteiger partial charge in [-0.1, -0.05) is 49.9 Å². The summed E-state index contributed by atoms with van der Waals surface area (Å²) in [5.41, 5.74) is 5.38. The smallest absolute Gasteiger partial charge is 0.147 e. The van der Waals surface area contributed by atoms with E-state index in [1.165, 1.54) is 0 Å². The van der Waals surface area contributed by atoms with Crippen LogP contribution in [0.25, 0.3) is 22.2 Å². The lowest BCUT2D eigenvalue weighted by atomic mass is 9.80. The molecule has 3 aromatic rings. The number of hydrogen-bond acceptors (Lipinski definition) is 6. The third-order valence-corrected chi connectivity index (χ3v) is 9.78. The van der Waals surface area contributed by atoms with Crippen LogP contribution < -0.4 is 4.74 Å². The molecular weight excluding hydrogens is 511 g/mol. The normalized spacial score (nSPS) is 28.8. The minimum absolute atomic E-state index is 0.0778. The van der Waals surface area contributed by atoms with Gasteiger partial charge in [0.25, 0.3) is 0 Å². The first-order valence-corrected chi connectivity index (χ1v) is 14.6. The van der Waals surface area contributed by atoms with E-state index in [0.29, 0.717) is 26.1 Å². The summed E-state index contributed by atoms with van der Waals surface area (Å²) in [6.07, 6.45) is 2.47. The maximum Gasteiger partial charge on any atom is 0.147 e. The summed E-state index contributed by atoms with van der Waals surface area (Å²) in [6, 6.07) is 14.4. The molecule has 2 aromatic carbocycles. The Bertz CT molecular complexity index is 1390. The molecule has 1 saturated carbocycles. The van der Waals surface area contributed by atoms with Crippen LogP contribution in [0.3, 0.4) is 0 Å². The van der Waals surface area contributed by atoms with Crippen LogP contribution in [0.2, 0.25) is 0 Å². The molecule has 2 unspecified atom stereocenters. The van der Waals surface area contributed by atoms with Gasteiger partial charge in [0.15, 0.2) is 0 Å². The summed E-state index contributed by atoms with van der Waals surface area (Å²) in [4.78, 5) is 15.4. The molecule has 0 spiro atoms. The van der Waals surface area contributed by atoms with Gasteiger partial charge in [0.1, 0.15) is 17.7 Å². The first-order valence-electron chi connectivity index (χ1n) is 14.2. The molecule has 1 aromatic heterocycles. The number of carbonyl (C=O) groups excluding carboxylic acids is 1. The Hall–Kier alpha value is -2.39. The lowest BCUT2D eigenvalue weighted by Crippen LogP contribution is -2.56. The van der Waals surface area contributed by atoms with Crippen LogP contribution in [0, 0.1) is 5.92 Å². The van der Waals surface area contributed by atoms with Crippen LogP contribution in [0.15, 0.2) is 42.5 Å². The summed E-state index contributed by atoms with van der Waals surface area (Å²) in [5, 5.41) is 3.17. The maximum atomic E-state index is 15.7. The second-order valence-electron chi connectivity index (χ2n) is 11.7. The summed E-state index contributed by atoms with van der Waals surface area (Å²) >= 11 is 4.83. The van der Waals surface area contributed by atoms with Crippen LogP contribution in [0.1, 0.15) is 56.6 Å². The number of fused-ring (bicyclic) bond motifs is 4. The highest BCUT2D eigenvalue weighted by Crippen LogP contribution is 2.48. The van der Waals surface area contributed by atoms with E-state index in [1.54, 1.807) is 6.92 Å². The Morgan fingerprint density at radius 2 is 1.87 bits per heavy atom. The highest BCUT2D eigenvalue weighted by Gasteiger charge is 2.39. The number of thiol groups is 1. The van der Waals surface area contributed by atoms with Crippen LogP contribution in [0.4, 0.5) is 4.39 Å². The molecule has 4 bridgehead atoms. The van der Waals surface area contributed by atoms with E-state index in [2.05, 4.69) is 45.7 Å². The average Bonchev–Trinajstić information content (AvgIpc) is 3.21. The molecule has 5 atom stereocenters. The predicted octanol–water partition coefficient (Wildman–Crippen LogP) is 6.06. The second-order valence-corrected chi connectivity index (χ2v) is 12.1. The third-order valence-electron chi connectivity index (χ3n) is 9.35. The summed E-state index contributed by atoms with van der Waals surface area (Å²) in [5.74, 6) is 0.632. The summed E-state index contributed by atoms with van der Waals surface area (Å²) < 4.78 is 26.5. The fraction of sp³-hybridized carbons (Fsp3) is 0.516. The van der Waals surface area contributed by atoms with Crippen molar-refractivity contribution in [1.29, 1.82) is 0 Å². The molecule has 208 valence electrons. The number of nitrogens with zero attached hydrogens (tertiary/aromatic N) is 4. The van der Waals surface area contributed by atoms with Gasteiger partial charge in [-0.05, 0) is 63.1 Å². The third kappa shape index (κ3) is 4.59. The van der Waals surface area contributed by atoms with Gasteiger partial charge in [-0.2, -0.15) is 4.41 Å². The van der Waals surface area contributed by atoms with E-state index >= 15 is 4.39 Å². The highest BCUT2D eigenvalue weighted by atomic mass is 32.1. The number of rotatable bonds is 2. The topological polar surface area (TPSA) is 41.0 Å². The first kappa shape index (κ1) is 26.8. The van der Waals surface area contributed by atoms with Gasteiger partial charge in [0, 0.05) is 48.4 Å². The van der Waals surface area contributed by atoms with Gasteiger partial charge >= 0.3 is 0 Å². The number of likely N-dealkylation sites (N-methyl/N-ethyl adjacent to an activating group) is 1. The van der Waals surface area contributed by atoms with Gasteiger partial charge in [-0.15, -0.1) is 0 Å². The van der Waals surface area contributed by atoms with Crippen LogP contribution >= 0.6 is 12.8 Å². The van der Waals surface area contributed by atoms with Gasteiger partial charge in [0.2, 0.25) is 0 Å². The van der Waals surface area contributed by atoms with Gasteiger partial charge in [-0.3, -0.25) is 9.69 Å². The minimum Gasteiger partial charge on any atom is -0.492 e. The van der Waals surface area contributed by atoms with Gasteiger partial charge < -0.3 is 9.30 Å². The van der Waals surface area contributed by atoms with Gasteiger partial charge in [0.05, 0.1) is 24.5 Å². The second kappa shape index (κ2) is 10.5. The Morgan fingerprint density at radius 1 is 1.10 bits per heavy atom. The van der Waals surface area contributed by atoms with Crippen molar-refractivity contribution < 1.29 is 13.9 Å². The Kier molecular flexibility index (Phi) is 7.25. The molecule has 8 heteroatoms. The molecule has 3 heterocycles. The monoisotopic (exact) mass is 550 g/mol. The summed E-state index contributed by atoms with van der Waals surface area (Å²) in [6.45, 7) is 5.41. The van der Waals surface area contributed by atoms with Crippen molar-refractivity contribution in [2.75, 3.05) is 20.7 Å². The van der Waals surface area contributed by atoms with Crippen molar-refractivity contribution >= 4 is 29.5 Å². The molecule has 6 rings (SSSR count). The Labute approximate surface area is 236 Å². The fourth-order valence-electron chi connectivity index (χ4n) is 7.16. The van der Waals surface area contributed by atoms with Crippen molar-refractivity contribution in [3.05, 3.63) is 53.6 Å². The zero-order valence-electron chi connectivity index (χ0n) is 23.3. The lowest BCUT2D eigenvalue weighted by molar-refractivity contribution is -0.129. The van der Waals surface area contributed by atoms with Crippen LogP contribution in [-0.2, 0) is 17.9 Å². The summed E-state index contributed by atoms with van der Waals surface area (Å²) in [7, 11) is 4.02. The zero-order valence-corrected chi connectivity index (χ0v) is 24.2. The van der Waals surface area contributed by atoms with Crippen molar-refractivity contribution in [3.63, 3.8) is 0 Å². The maximum absolute atomic E-state index is 15.7. The molecule has 0 radical (unpaired) electrons. The standard InChI is InChI=1S/C31H39FN4O2S/c1-19(37)30-22-17-35-27-15-21(16-36(39)34(4)20(2)33(30)3)13-14-24(27)29(23-9-5-7-11-26(23)32)31(35)25-10-6-8-12-28(25)38-18-22/h6,8,10,12-15,20,22-23,26,30,39H,5,7,9,11,16-18H2,1-4H3/t20?,22-,23-,26-,30?/m0/s1. The molecule has 39 heavy (non-hydrogen) atoms. The number of para-hydroxylation sites is 1. The Balaban J connectivity index is 1.66. The molecule has 0 N–H and O–H groups in total. The van der Waals surface area contributed by atoms with E-state index in [9.17, 15) is 4.79 Å². The number of aromatic nitrogens is 1. The molecule has 6 nitrogen and oxygen atoms in total. The van der Waals surface area contributed by atoms with Crippen LogP contribution in [0.5, 0.6) is 5.75 Å². The van der Waals surface area contributed by atoms with Crippen molar-refractivity contribution in [2.45, 2.75) is 76.9 Å². The van der Waals surface area contributed by atoms with Crippen molar-refractivity contribution in [2.24, 2.45) is 5.92 Å². The molecule has 0 saturated heterocycles. The fourth-order valence-corrected chi connectivity index (χ4v) is 7.48. The molecule has 2 aliphatic heterocycles. The van der Waals surface area contributed by atoms with E-state index < -0.39 is 6.17 Å². The number of Topliss-reactive ketones (excluding diaryl/α,β-unsaturated/α-hetero) is 1. The molecule has 1 aliphatic carbocycles. The largest absolute Gasteiger partial charge is 0.492 e. The van der Waals surface area contributed by atoms with E-state index in [1.807, 2.05) is 36.7 Å². The zero-order chi connectivity index (χ0) is 27.4. The Morgan fingerprint density at radius 3 is 2.64 bits per heavy atom. The van der Waals surface area contributed by atoms with E-state index in [0.717, 1.165) is 58.3 Å². The molecule has 1 fully saturated rings. The van der Waals surface area contributed by atoms with E-state index in [-0.39, 0.29) is 29.8 Å². The number of hydrogen-bond donors (Lipinski definition) is 1. The lowest BCUT2D eigenvalue weighted by Gasteiger charge is -2.43. The number of benzene rings is 2. The minimum atomic E-state index is -0.872. The number of alkyl halides is 1. The molecule has 0 amide bonds. The van der Waals surface area contributed by atoms with Gasteiger partial charge in [-0.25, -0.2) is 9.40 Å². The first-order chi connectivity index (χ1) is 18.8. The van der Waals surface area contributed by atoms with E-state index in [4.69, 9.17) is 17.6 Å². The number of ketones is 1. The number of ether oxygens (including phenoxy) is 1. The average molecular weight is 551 g/mol. The number of hydrazine groups is 1. The number of carbonyl (C=O) groups is 1. The molecular formula is C31H39FN4O2S.